The van der Waals surface area contributed by atoms with Crippen molar-refractivity contribution in [3.8, 4) is 0 Å². The van der Waals surface area contributed by atoms with Crippen molar-refractivity contribution in [2.24, 2.45) is 0 Å². The maximum absolute atomic E-state index is 6.20. The van der Waals surface area contributed by atoms with Gasteiger partial charge in [-0.05, 0) is 50.5 Å². The number of benzene rings is 1. The Labute approximate surface area is 112 Å². The van der Waals surface area contributed by atoms with Gasteiger partial charge in [0, 0.05) is 34.3 Å². The van der Waals surface area contributed by atoms with Crippen LogP contribution in [0.15, 0.2) is 18.2 Å². The third kappa shape index (κ3) is 2.05. The number of nitrogens with zero attached hydrogens (tertiary/aromatic N) is 1. The molecule has 0 amide bonds. The number of halogens is 1. The number of pyridine rings is 1. The predicted molar refractivity (Wildman–Crippen MR) is 77.6 cm³/mol. The maximum atomic E-state index is 6.20. The minimum Gasteiger partial charge on any atom is -0.385 e. The molecule has 1 saturated carbocycles. The van der Waals surface area contributed by atoms with Gasteiger partial charge in [-0.25, -0.2) is 0 Å². The summed E-state index contributed by atoms with van der Waals surface area (Å²) < 4.78 is 0. The molecule has 1 aliphatic carbocycles. The highest BCUT2D eigenvalue weighted by Gasteiger charge is 2.26. The molecule has 0 bridgehead atoms. The van der Waals surface area contributed by atoms with Crippen LogP contribution >= 0.6 is 11.6 Å². The van der Waals surface area contributed by atoms with Crippen LogP contribution in [0.3, 0.4) is 0 Å². The second kappa shape index (κ2) is 4.43. The molecule has 1 N–H and O–H groups in total. The lowest BCUT2D eigenvalue weighted by molar-refractivity contribution is 1.04. The quantitative estimate of drug-likeness (QED) is 0.879. The fourth-order valence-electron chi connectivity index (χ4n) is 2.30. The van der Waals surface area contributed by atoms with E-state index < -0.39 is 0 Å². The van der Waals surface area contributed by atoms with E-state index in [1.165, 1.54) is 29.6 Å². The third-order valence-corrected chi connectivity index (χ3v) is 3.88. The molecule has 3 rings (SSSR count). The summed E-state index contributed by atoms with van der Waals surface area (Å²) in [7, 11) is 0. The first-order chi connectivity index (χ1) is 8.69. The van der Waals surface area contributed by atoms with Crippen LogP contribution in [0.2, 0.25) is 5.02 Å². The molecule has 1 fully saturated rings. The number of aromatic nitrogens is 1. The summed E-state index contributed by atoms with van der Waals surface area (Å²) in [4.78, 5) is 4.76. The molecule has 1 aromatic carbocycles. The molecule has 1 aliphatic rings. The second-order valence-corrected chi connectivity index (χ2v) is 5.43. The second-order valence-electron chi connectivity index (χ2n) is 5.02. The minimum atomic E-state index is 0.659. The van der Waals surface area contributed by atoms with Crippen molar-refractivity contribution < 1.29 is 0 Å². The van der Waals surface area contributed by atoms with Crippen LogP contribution in [0.5, 0.6) is 0 Å². The first kappa shape index (κ1) is 11.8. The summed E-state index contributed by atoms with van der Waals surface area (Å²) in [5.74, 6) is 0.659. The summed E-state index contributed by atoms with van der Waals surface area (Å²) in [5, 5.41) is 5.40. The average molecular weight is 261 g/mol. The molecule has 0 atom stereocenters. The van der Waals surface area contributed by atoms with E-state index in [2.05, 4.69) is 24.4 Å². The fourth-order valence-corrected chi connectivity index (χ4v) is 2.46. The number of hydrogen-bond donors (Lipinski definition) is 1. The summed E-state index contributed by atoms with van der Waals surface area (Å²) in [6.45, 7) is 5.07. The Hall–Kier alpha value is -1.28. The summed E-state index contributed by atoms with van der Waals surface area (Å²) in [5.41, 5.74) is 4.50. The van der Waals surface area contributed by atoms with Crippen molar-refractivity contribution in [3.05, 3.63) is 34.5 Å². The van der Waals surface area contributed by atoms with Crippen LogP contribution in [-0.4, -0.2) is 11.5 Å². The Morgan fingerprint density at radius 3 is 2.78 bits per heavy atom. The van der Waals surface area contributed by atoms with Gasteiger partial charge in [0.05, 0.1) is 5.52 Å². The molecule has 0 aliphatic heterocycles. The average Bonchev–Trinajstić information content (AvgIpc) is 3.15. The number of hydrogen-bond acceptors (Lipinski definition) is 2. The first-order valence-corrected chi connectivity index (χ1v) is 6.91. The zero-order chi connectivity index (χ0) is 12.7. The summed E-state index contributed by atoms with van der Waals surface area (Å²) in [6.07, 6.45) is 2.54. The third-order valence-electron chi connectivity index (χ3n) is 3.47. The maximum Gasteiger partial charge on any atom is 0.0741 e. The van der Waals surface area contributed by atoms with Crippen molar-refractivity contribution in [1.29, 1.82) is 0 Å². The van der Waals surface area contributed by atoms with Gasteiger partial charge in [-0.1, -0.05) is 11.6 Å². The van der Waals surface area contributed by atoms with E-state index in [9.17, 15) is 0 Å². The molecule has 2 nitrogen and oxygen atoms in total. The lowest BCUT2D eigenvalue weighted by Gasteiger charge is -2.11. The zero-order valence-corrected chi connectivity index (χ0v) is 11.5. The van der Waals surface area contributed by atoms with Crippen LogP contribution in [0.1, 0.15) is 36.9 Å². The van der Waals surface area contributed by atoms with Gasteiger partial charge in [-0.15, -0.1) is 0 Å². The van der Waals surface area contributed by atoms with Gasteiger partial charge in [0.25, 0.3) is 0 Å². The largest absolute Gasteiger partial charge is 0.385 e. The highest BCUT2D eigenvalue weighted by molar-refractivity contribution is 6.32. The minimum absolute atomic E-state index is 0.659. The Morgan fingerprint density at radius 1 is 1.33 bits per heavy atom. The number of fused-ring (bicyclic) bond motifs is 1. The fraction of sp³-hybridized carbons (Fsp3) is 0.400. The van der Waals surface area contributed by atoms with Crippen LogP contribution in [0, 0.1) is 6.92 Å². The van der Waals surface area contributed by atoms with Gasteiger partial charge in [0.1, 0.15) is 0 Å². The van der Waals surface area contributed by atoms with Crippen LogP contribution in [0.4, 0.5) is 5.69 Å². The molecular formula is C15H17ClN2. The standard InChI is InChI=1S/C15H17ClN2/c1-3-17-14-8-13(10-4-5-10)18-15-7-12(16)9(2)6-11(14)15/h6-8,10H,3-5H2,1-2H3,(H,17,18). The van der Waals surface area contributed by atoms with Gasteiger partial charge in [-0.3, -0.25) is 4.98 Å². The molecule has 0 spiro atoms. The van der Waals surface area contributed by atoms with E-state index in [0.29, 0.717) is 5.92 Å². The van der Waals surface area contributed by atoms with E-state index in [0.717, 1.165) is 22.6 Å². The Balaban J connectivity index is 2.22. The van der Waals surface area contributed by atoms with Gasteiger partial charge in [0.2, 0.25) is 0 Å². The van der Waals surface area contributed by atoms with E-state index in [-0.39, 0.29) is 0 Å². The zero-order valence-electron chi connectivity index (χ0n) is 10.8. The van der Waals surface area contributed by atoms with Crippen molar-refractivity contribution in [2.75, 3.05) is 11.9 Å². The number of aryl methyl sites for hydroxylation is 1. The highest BCUT2D eigenvalue weighted by Crippen LogP contribution is 2.41. The molecule has 0 saturated heterocycles. The molecule has 0 unspecified atom stereocenters. The van der Waals surface area contributed by atoms with E-state index in [1.807, 2.05) is 13.0 Å². The topological polar surface area (TPSA) is 24.9 Å². The Kier molecular flexibility index (Phi) is 2.90. The van der Waals surface area contributed by atoms with Crippen molar-refractivity contribution in [1.82, 2.24) is 4.98 Å². The molecule has 1 aromatic heterocycles. The van der Waals surface area contributed by atoms with Crippen molar-refractivity contribution in [3.63, 3.8) is 0 Å². The van der Waals surface area contributed by atoms with Crippen LogP contribution < -0.4 is 5.32 Å². The molecular weight excluding hydrogens is 244 g/mol. The van der Waals surface area contributed by atoms with Gasteiger partial charge in [0.15, 0.2) is 0 Å². The van der Waals surface area contributed by atoms with E-state index in [4.69, 9.17) is 16.6 Å². The lowest BCUT2D eigenvalue weighted by Crippen LogP contribution is -2.00. The van der Waals surface area contributed by atoms with Crippen LogP contribution in [0.25, 0.3) is 10.9 Å². The summed E-state index contributed by atoms with van der Waals surface area (Å²) >= 11 is 6.20. The van der Waals surface area contributed by atoms with E-state index in [1.54, 1.807) is 0 Å². The molecule has 18 heavy (non-hydrogen) atoms. The van der Waals surface area contributed by atoms with Gasteiger partial charge >= 0.3 is 0 Å². The molecule has 3 heteroatoms. The first-order valence-electron chi connectivity index (χ1n) is 6.53. The monoisotopic (exact) mass is 260 g/mol. The Morgan fingerprint density at radius 2 is 2.11 bits per heavy atom. The van der Waals surface area contributed by atoms with Crippen molar-refractivity contribution >= 4 is 28.2 Å². The Bertz CT molecular complexity index is 603. The molecule has 94 valence electrons. The predicted octanol–water partition coefficient (Wildman–Crippen LogP) is 4.51. The smallest absolute Gasteiger partial charge is 0.0741 e. The molecule has 0 radical (unpaired) electrons. The number of nitrogens with one attached hydrogen (secondary N) is 1. The summed E-state index contributed by atoms with van der Waals surface area (Å²) in [6, 6.07) is 6.31. The molecule has 1 heterocycles. The van der Waals surface area contributed by atoms with Crippen LogP contribution in [-0.2, 0) is 0 Å². The number of rotatable bonds is 3. The van der Waals surface area contributed by atoms with Gasteiger partial charge in [-0.2, -0.15) is 0 Å². The van der Waals surface area contributed by atoms with E-state index >= 15 is 0 Å². The SMILES string of the molecule is CCNc1cc(C2CC2)nc2cc(Cl)c(C)cc12. The number of anilines is 1. The highest BCUT2D eigenvalue weighted by atomic mass is 35.5. The normalized spacial score (nSPS) is 15.1. The molecule has 2 aromatic rings. The van der Waals surface area contributed by atoms with Crippen molar-refractivity contribution in [2.45, 2.75) is 32.6 Å². The lowest BCUT2D eigenvalue weighted by atomic mass is 10.1. The van der Waals surface area contributed by atoms with Gasteiger partial charge < -0.3 is 5.32 Å².